The lowest BCUT2D eigenvalue weighted by Crippen LogP contribution is -2.32. The van der Waals surface area contributed by atoms with Gasteiger partial charge >= 0.3 is 0 Å². The number of carbonyl (C=O) groups excluding carboxylic acids is 2. The minimum atomic E-state index is -0.400. The zero-order valence-corrected chi connectivity index (χ0v) is 19.4. The first-order valence-electron chi connectivity index (χ1n) is 11.2. The standard InChI is InChI=1S/C28H28N2O3/c1-5-16-33-24-9-7-6-8-23(24)30-27(31)25(21-13-10-18(2)11-14-21)26(28(30)32)29-22-15-12-19(3)17-20(22)4/h6-15,17,29H,5,16H2,1-4H3. The van der Waals surface area contributed by atoms with E-state index in [4.69, 9.17) is 4.74 Å². The third-order valence-electron chi connectivity index (χ3n) is 5.63. The fourth-order valence-electron chi connectivity index (χ4n) is 3.92. The number of carbonyl (C=O) groups is 2. The number of hydrogen-bond acceptors (Lipinski definition) is 4. The number of amides is 2. The Hall–Kier alpha value is -3.86. The second kappa shape index (κ2) is 9.33. The molecule has 2 amide bonds. The number of anilines is 2. The topological polar surface area (TPSA) is 58.6 Å². The average Bonchev–Trinajstić information content (AvgIpc) is 3.04. The third-order valence-corrected chi connectivity index (χ3v) is 5.63. The van der Waals surface area contributed by atoms with Crippen molar-refractivity contribution in [1.82, 2.24) is 0 Å². The quantitative estimate of drug-likeness (QED) is 0.472. The van der Waals surface area contributed by atoms with Crippen LogP contribution in [0.1, 0.15) is 35.6 Å². The molecule has 1 aliphatic rings. The molecule has 0 unspecified atom stereocenters. The van der Waals surface area contributed by atoms with Gasteiger partial charge in [0.05, 0.1) is 17.9 Å². The van der Waals surface area contributed by atoms with Crippen molar-refractivity contribution in [3.63, 3.8) is 0 Å². The monoisotopic (exact) mass is 440 g/mol. The van der Waals surface area contributed by atoms with Crippen LogP contribution in [0.4, 0.5) is 11.4 Å². The fourth-order valence-corrected chi connectivity index (χ4v) is 3.92. The Morgan fingerprint density at radius 3 is 2.24 bits per heavy atom. The molecule has 5 heteroatoms. The van der Waals surface area contributed by atoms with E-state index in [9.17, 15) is 9.59 Å². The van der Waals surface area contributed by atoms with Gasteiger partial charge in [-0.25, -0.2) is 4.90 Å². The normalized spacial score (nSPS) is 13.6. The largest absolute Gasteiger partial charge is 0.491 e. The summed E-state index contributed by atoms with van der Waals surface area (Å²) in [5.41, 5.74) is 5.75. The predicted octanol–water partition coefficient (Wildman–Crippen LogP) is 5.80. The SMILES string of the molecule is CCCOc1ccccc1N1C(=O)C(Nc2ccc(C)cc2C)=C(c2ccc(C)cc2)C1=O. The Kier molecular flexibility index (Phi) is 6.31. The number of hydrogen-bond donors (Lipinski definition) is 1. The van der Waals surface area contributed by atoms with Gasteiger partial charge in [0.2, 0.25) is 0 Å². The van der Waals surface area contributed by atoms with Crippen molar-refractivity contribution in [3.05, 3.63) is 94.7 Å². The van der Waals surface area contributed by atoms with E-state index in [1.807, 2.05) is 76.2 Å². The van der Waals surface area contributed by atoms with Gasteiger partial charge < -0.3 is 10.1 Å². The van der Waals surface area contributed by atoms with E-state index in [1.165, 1.54) is 4.90 Å². The summed E-state index contributed by atoms with van der Waals surface area (Å²) >= 11 is 0. The number of benzene rings is 3. The molecule has 0 aliphatic carbocycles. The molecule has 3 aromatic rings. The van der Waals surface area contributed by atoms with Crippen molar-refractivity contribution in [3.8, 4) is 5.75 Å². The summed E-state index contributed by atoms with van der Waals surface area (Å²) in [5, 5.41) is 3.27. The summed E-state index contributed by atoms with van der Waals surface area (Å²) in [4.78, 5) is 28.6. The van der Waals surface area contributed by atoms with Gasteiger partial charge in [-0.15, -0.1) is 0 Å². The maximum Gasteiger partial charge on any atom is 0.282 e. The van der Waals surface area contributed by atoms with Crippen LogP contribution in [-0.4, -0.2) is 18.4 Å². The second-order valence-corrected chi connectivity index (χ2v) is 8.32. The first kappa shape index (κ1) is 22.3. The number of nitrogens with one attached hydrogen (secondary N) is 1. The lowest BCUT2D eigenvalue weighted by Gasteiger charge is -2.19. The van der Waals surface area contributed by atoms with E-state index in [2.05, 4.69) is 5.32 Å². The highest BCUT2D eigenvalue weighted by Crippen LogP contribution is 2.38. The maximum atomic E-state index is 13.7. The van der Waals surface area contributed by atoms with Crippen LogP contribution in [0.5, 0.6) is 5.75 Å². The predicted molar refractivity (Wildman–Crippen MR) is 132 cm³/mol. The molecule has 3 aromatic carbocycles. The van der Waals surface area contributed by atoms with Crippen LogP contribution in [0.2, 0.25) is 0 Å². The highest BCUT2D eigenvalue weighted by atomic mass is 16.5. The lowest BCUT2D eigenvalue weighted by molar-refractivity contribution is -0.120. The van der Waals surface area contributed by atoms with Crippen molar-refractivity contribution in [2.75, 3.05) is 16.8 Å². The average molecular weight is 441 g/mol. The van der Waals surface area contributed by atoms with Crippen molar-refractivity contribution in [2.45, 2.75) is 34.1 Å². The minimum Gasteiger partial charge on any atom is -0.491 e. The summed E-state index contributed by atoms with van der Waals surface area (Å²) < 4.78 is 5.85. The molecule has 0 radical (unpaired) electrons. The van der Waals surface area contributed by atoms with Crippen molar-refractivity contribution >= 4 is 28.8 Å². The summed E-state index contributed by atoms with van der Waals surface area (Å²) in [6, 6.07) is 20.8. The molecular formula is C28H28N2O3. The van der Waals surface area contributed by atoms with Gasteiger partial charge in [0.25, 0.3) is 11.8 Å². The van der Waals surface area contributed by atoms with Crippen LogP contribution < -0.4 is 15.0 Å². The smallest absolute Gasteiger partial charge is 0.282 e. The molecule has 0 bridgehead atoms. The molecule has 1 heterocycles. The van der Waals surface area contributed by atoms with E-state index in [0.29, 0.717) is 29.2 Å². The number of ether oxygens (including phenoxy) is 1. The fraction of sp³-hybridized carbons (Fsp3) is 0.214. The number of aryl methyl sites for hydroxylation is 3. The first-order chi connectivity index (χ1) is 15.9. The third kappa shape index (κ3) is 4.40. The van der Waals surface area contributed by atoms with Crippen molar-refractivity contribution in [1.29, 1.82) is 0 Å². The van der Waals surface area contributed by atoms with Crippen LogP contribution >= 0.6 is 0 Å². The van der Waals surface area contributed by atoms with Gasteiger partial charge in [-0.3, -0.25) is 9.59 Å². The van der Waals surface area contributed by atoms with Crippen LogP contribution in [-0.2, 0) is 9.59 Å². The lowest BCUT2D eigenvalue weighted by atomic mass is 10.0. The van der Waals surface area contributed by atoms with Gasteiger partial charge in [-0.2, -0.15) is 0 Å². The van der Waals surface area contributed by atoms with Crippen molar-refractivity contribution in [2.24, 2.45) is 0 Å². The molecule has 1 N–H and O–H groups in total. The van der Waals surface area contributed by atoms with Gasteiger partial charge in [0.1, 0.15) is 11.4 Å². The molecule has 1 aliphatic heterocycles. The van der Waals surface area contributed by atoms with E-state index in [-0.39, 0.29) is 11.6 Å². The molecule has 168 valence electrons. The molecule has 0 atom stereocenters. The van der Waals surface area contributed by atoms with Crippen LogP contribution in [0.3, 0.4) is 0 Å². The Balaban J connectivity index is 1.82. The zero-order chi connectivity index (χ0) is 23.5. The van der Waals surface area contributed by atoms with E-state index in [0.717, 1.165) is 28.8 Å². The highest BCUT2D eigenvalue weighted by molar-refractivity contribution is 6.46. The summed E-state index contributed by atoms with van der Waals surface area (Å²) in [7, 11) is 0. The summed E-state index contributed by atoms with van der Waals surface area (Å²) in [5.74, 6) is -0.260. The summed E-state index contributed by atoms with van der Waals surface area (Å²) in [6.07, 6.45) is 0.822. The Morgan fingerprint density at radius 1 is 0.848 bits per heavy atom. The maximum absolute atomic E-state index is 13.7. The molecular weight excluding hydrogens is 412 g/mol. The number of rotatable bonds is 7. The van der Waals surface area contributed by atoms with Gasteiger partial charge in [-0.05, 0) is 56.5 Å². The highest BCUT2D eigenvalue weighted by Gasteiger charge is 2.41. The zero-order valence-electron chi connectivity index (χ0n) is 19.4. The second-order valence-electron chi connectivity index (χ2n) is 8.32. The molecule has 4 rings (SSSR count). The minimum absolute atomic E-state index is 0.265. The van der Waals surface area contributed by atoms with Crippen LogP contribution in [0.15, 0.2) is 72.4 Å². The van der Waals surface area contributed by atoms with Gasteiger partial charge in [0.15, 0.2) is 0 Å². The number of imide groups is 1. The Labute approximate surface area is 194 Å². The number of nitrogens with zero attached hydrogens (tertiary/aromatic N) is 1. The van der Waals surface area contributed by atoms with Gasteiger partial charge in [0, 0.05) is 5.69 Å². The first-order valence-corrected chi connectivity index (χ1v) is 11.2. The Morgan fingerprint density at radius 2 is 1.55 bits per heavy atom. The summed E-state index contributed by atoms with van der Waals surface area (Å²) in [6.45, 7) is 8.50. The molecule has 5 nitrogen and oxygen atoms in total. The molecule has 0 spiro atoms. The van der Waals surface area contributed by atoms with Crippen LogP contribution in [0, 0.1) is 20.8 Å². The molecule has 0 saturated carbocycles. The van der Waals surface area contributed by atoms with Gasteiger partial charge in [-0.1, -0.05) is 66.6 Å². The van der Waals surface area contributed by atoms with E-state index >= 15 is 0 Å². The Bertz CT molecular complexity index is 1240. The number of para-hydroxylation sites is 2. The molecule has 0 aromatic heterocycles. The van der Waals surface area contributed by atoms with E-state index < -0.39 is 5.91 Å². The van der Waals surface area contributed by atoms with Crippen molar-refractivity contribution < 1.29 is 14.3 Å². The molecule has 0 fully saturated rings. The van der Waals surface area contributed by atoms with Crippen LogP contribution in [0.25, 0.3) is 5.57 Å². The molecule has 0 saturated heterocycles. The molecule has 33 heavy (non-hydrogen) atoms. The van der Waals surface area contributed by atoms with E-state index in [1.54, 1.807) is 18.2 Å².